The maximum absolute atomic E-state index is 3.73. The third-order valence-corrected chi connectivity index (χ3v) is 3.82. The van der Waals surface area contributed by atoms with Crippen molar-refractivity contribution in [2.24, 2.45) is 17.3 Å². The van der Waals surface area contributed by atoms with E-state index in [9.17, 15) is 0 Å². The van der Waals surface area contributed by atoms with Gasteiger partial charge in [0.1, 0.15) is 0 Å². The van der Waals surface area contributed by atoms with Crippen molar-refractivity contribution in [1.29, 1.82) is 0 Å². The molecule has 1 fully saturated rings. The summed E-state index contributed by atoms with van der Waals surface area (Å²) in [6, 6.07) is 0.744. The number of hydrogen-bond acceptors (Lipinski definition) is 1. The molecule has 0 aromatic rings. The molecule has 1 heterocycles. The van der Waals surface area contributed by atoms with E-state index in [1.54, 1.807) is 0 Å². The Morgan fingerprint density at radius 3 is 2.43 bits per heavy atom. The molecule has 1 rings (SSSR count). The van der Waals surface area contributed by atoms with E-state index >= 15 is 0 Å². The Bertz CT molecular complexity index is 169. The summed E-state index contributed by atoms with van der Waals surface area (Å²) in [6.45, 7) is 13.1. The second kappa shape index (κ2) is 4.65. The largest absolute Gasteiger partial charge is 0.313 e. The first-order valence-corrected chi connectivity index (χ1v) is 6.20. The molecule has 1 heteroatoms. The van der Waals surface area contributed by atoms with Crippen LogP contribution in [0.1, 0.15) is 53.9 Å². The van der Waals surface area contributed by atoms with Crippen molar-refractivity contribution in [1.82, 2.24) is 5.32 Å². The summed E-state index contributed by atoms with van der Waals surface area (Å²) in [5.41, 5.74) is 0.442. The minimum Gasteiger partial charge on any atom is -0.313 e. The molecule has 84 valence electrons. The summed E-state index contributed by atoms with van der Waals surface area (Å²) >= 11 is 0. The number of hydrogen-bond donors (Lipinski definition) is 1. The molecule has 0 radical (unpaired) electrons. The van der Waals surface area contributed by atoms with Gasteiger partial charge in [-0.3, -0.25) is 0 Å². The van der Waals surface area contributed by atoms with Gasteiger partial charge in [0.25, 0.3) is 0 Å². The predicted molar refractivity (Wildman–Crippen MR) is 63.4 cm³/mol. The Morgan fingerprint density at radius 1 is 1.36 bits per heavy atom. The van der Waals surface area contributed by atoms with Crippen LogP contribution in [0.15, 0.2) is 0 Å². The Hall–Kier alpha value is -0.0400. The average Bonchev–Trinajstić information content (AvgIpc) is 2.07. The molecular formula is C13H27N. The van der Waals surface area contributed by atoms with Crippen LogP contribution in [0, 0.1) is 17.3 Å². The molecule has 3 atom stereocenters. The summed E-state index contributed by atoms with van der Waals surface area (Å²) in [7, 11) is 0. The highest BCUT2D eigenvalue weighted by atomic mass is 14.9. The third-order valence-electron chi connectivity index (χ3n) is 3.82. The van der Waals surface area contributed by atoms with Gasteiger partial charge in [0, 0.05) is 6.04 Å². The molecule has 1 N–H and O–H groups in total. The smallest absolute Gasteiger partial charge is 0.0126 e. The second-order valence-electron chi connectivity index (χ2n) is 5.98. The lowest BCUT2D eigenvalue weighted by atomic mass is 9.70. The number of rotatable bonds is 2. The lowest BCUT2D eigenvalue weighted by molar-refractivity contribution is 0.118. The van der Waals surface area contributed by atoms with E-state index in [2.05, 4.69) is 39.9 Å². The highest BCUT2D eigenvalue weighted by Gasteiger charge is 2.34. The van der Waals surface area contributed by atoms with Crippen molar-refractivity contribution in [2.75, 3.05) is 6.54 Å². The van der Waals surface area contributed by atoms with Gasteiger partial charge in [0.2, 0.25) is 0 Å². The van der Waals surface area contributed by atoms with E-state index in [-0.39, 0.29) is 0 Å². The van der Waals surface area contributed by atoms with E-state index < -0.39 is 0 Å². The molecule has 0 saturated carbocycles. The zero-order valence-electron chi connectivity index (χ0n) is 10.6. The lowest BCUT2D eigenvalue weighted by Gasteiger charge is -2.42. The van der Waals surface area contributed by atoms with E-state index in [1.165, 1.54) is 25.8 Å². The molecule has 0 aromatic heterocycles. The van der Waals surface area contributed by atoms with Gasteiger partial charge in [0.15, 0.2) is 0 Å². The highest BCUT2D eigenvalue weighted by Crippen LogP contribution is 2.36. The first-order valence-electron chi connectivity index (χ1n) is 6.20. The molecule has 1 saturated heterocycles. The Kier molecular flexibility index (Phi) is 4.00. The number of piperidine rings is 1. The maximum atomic E-state index is 3.73. The molecule has 0 aromatic carbocycles. The maximum Gasteiger partial charge on any atom is 0.0126 e. The van der Waals surface area contributed by atoms with Crippen molar-refractivity contribution in [3.8, 4) is 0 Å². The molecule has 1 aliphatic heterocycles. The molecule has 0 spiro atoms. The minimum absolute atomic E-state index is 0.442. The Balaban J connectivity index is 2.67. The van der Waals surface area contributed by atoms with Crippen LogP contribution in [0.4, 0.5) is 0 Å². The monoisotopic (exact) mass is 197 g/mol. The summed E-state index contributed by atoms with van der Waals surface area (Å²) in [6.07, 6.45) is 4.06. The van der Waals surface area contributed by atoms with Crippen LogP contribution in [-0.4, -0.2) is 12.6 Å². The van der Waals surface area contributed by atoms with Gasteiger partial charge in [-0.15, -0.1) is 0 Å². The molecule has 14 heavy (non-hydrogen) atoms. The third kappa shape index (κ3) is 2.73. The Morgan fingerprint density at radius 2 is 2.00 bits per heavy atom. The molecule has 0 bridgehead atoms. The van der Waals surface area contributed by atoms with Gasteiger partial charge >= 0.3 is 0 Å². The quantitative estimate of drug-likeness (QED) is 0.715. The molecule has 0 aliphatic carbocycles. The molecule has 3 unspecified atom stereocenters. The topological polar surface area (TPSA) is 12.0 Å². The van der Waals surface area contributed by atoms with Crippen LogP contribution in [0.2, 0.25) is 0 Å². The minimum atomic E-state index is 0.442. The first-order chi connectivity index (χ1) is 6.46. The normalized spacial score (nSPS) is 31.5. The van der Waals surface area contributed by atoms with Gasteiger partial charge in [0.05, 0.1) is 0 Å². The molecule has 1 nitrogen and oxygen atoms in total. The van der Waals surface area contributed by atoms with Crippen LogP contribution in [-0.2, 0) is 0 Å². The van der Waals surface area contributed by atoms with Gasteiger partial charge in [-0.25, -0.2) is 0 Å². The summed E-state index contributed by atoms with van der Waals surface area (Å²) in [5, 5.41) is 3.73. The summed E-state index contributed by atoms with van der Waals surface area (Å²) < 4.78 is 0. The fourth-order valence-corrected chi connectivity index (χ4v) is 3.02. The summed E-state index contributed by atoms with van der Waals surface area (Å²) in [5.74, 6) is 1.67. The van der Waals surface area contributed by atoms with Crippen molar-refractivity contribution in [3.05, 3.63) is 0 Å². The van der Waals surface area contributed by atoms with E-state index in [1.807, 2.05) is 0 Å². The first kappa shape index (κ1) is 12.0. The fourth-order valence-electron chi connectivity index (χ4n) is 3.02. The van der Waals surface area contributed by atoms with Gasteiger partial charge in [-0.1, -0.05) is 41.0 Å². The van der Waals surface area contributed by atoms with Crippen LogP contribution in [0.3, 0.4) is 0 Å². The predicted octanol–water partition coefficient (Wildman–Crippen LogP) is 3.45. The molecular weight excluding hydrogens is 170 g/mol. The second-order valence-corrected chi connectivity index (χ2v) is 5.98. The van der Waals surface area contributed by atoms with E-state index in [4.69, 9.17) is 0 Å². The SMILES string of the molecule is CCC(C1NCCCC1C)C(C)(C)C. The van der Waals surface area contributed by atoms with Crippen molar-refractivity contribution in [3.63, 3.8) is 0 Å². The van der Waals surface area contributed by atoms with Crippen LogP contribution in [0.25, 0.3) is 0 Å². The van der Waals surface area contributed by atoms with Crippen LogP contribution >= 0.6 is 0 Å². The van der Waals surface area contributed by atoms with Gasteiger partial charge < -0.3 is 5.32 Å². The van der Waals surface area contributed by atoms with E-state index in [0.29, 0.717) is 5.41 Å². The lowest BCUT2D eigenvalue weighted by Crippen LogP contribution is -2.49. The van der Waals surface area contributed by atoms with Gasteiger partial charge in [-0.2, -0.15) is 0 Å². The number of nitrogens with one attached hydrogen (secondary N) is 1. The molecule has 1 aliphatic rings. The van der Waals surface area contributed by atoms with Crippen LogP contribution in [0.5, 0.6) is 0 Å². The standard InChI is InChI=1S/C13H27N/c1-6-11(13(3,4)5)12-10(2)8-7-9-14-12/h10-12,14H,6-9H2,1-5H3. The Labute approximate surface area is 89.7 Å². The van der Waals surface area contributed by atoms with Crippen molar-refractivity contribution >= 4 is 0 Å². The molecule has 0 amide bonds. The van der Waals surface area contributed by atoms with E-state index in [0.717, 1.165) is 17.9 Å². The van der Waals surface area contributed by atoms with Crippen molar-refractivity contribution < 1.29 is 0 Å². The zero-order valence-corrected chi connectivity index (χ0v) is 10.6. The fraction of sp³-hybridized carbons (Fsp3) is 1.00. The van der Waals surface area contributed by atoms with Crippen molar-refractivity contribution in [2.45, 2.75) is 59.9 Å². The average molecular weight is 197 g/mol. The highest BCUT2D eigenvalue weighted by molar-refractivity contribution is 4.89. The zero-order chi connectivity index (χ0) is 10.8. The van der Waals surface area contributed by atoms with Crippen LogP contribution < -0.4 is 5.32 Å². The summed E-state index contributed by atoms with van der Waals surface area (Å²) in [4.78, 5) is 0. The van der Waals surface area contributed by atoms with Gasteiger partial charge in [-0.05, 0) is 36.6 Å².